The number of pyridine rings is 1. The zero-order valence-electron chi connectivity index (χ0n) is 8.45. The highest BCUT2D eigenvalue weighted by molar-refractivity contribution is 5.31. The monoisotopic (exact) mass is 191 g/mol. The number of hydrogen-bond donors (Lipinski definition) is 1. The van der Waals surface area contributed by atoms with Crippen molar-refractivity contribution in [2.75, 3.05) is 18.5 Å². The summed E-state index contributed by atoms with van der Waals surface area (Å²) >= 11 is 0. The number of nitrogens with zero attached hydrogens (tertiary/aromatic N) is 2. The number of rotatable bonds is 2. The first-order chi connectivity index (χ1) is 6.95. The molecule has 0 radical (unpaired) electrons. The molecule has 0 amide bonds. The smallest absolute Gasteiger partial charge is 0.140 e. The van der Waals surface area contributed by atoms with Crippen molar-refractivity contribution < 1.29 is 0 Å². The van der Waals surface area contributed by atoms with Crippen LogP contribution >= 0.6 is 0 Å². The average molecular weight is 191 g/mol. The highest BCUT2D eigenvalue weighted by atomic mass is 15.5. The standard InChI is InChI=1S/C11H17N3/c1-2-6-10-14(9-5-1)13-11-7-3-4-8-12-11/h3-4,7-8H,1-2,5-6,9-10H2,(H,12,13). The number of hydrazine groups is 1. The Kier molecular flexibility index (Phi) is 3.35. The van der Waals surface area contributed by atoms with Crippen LogP contribution in [-0.4, -0.2) is 23.1 Å². The zero-order valence-corrected chi connectivity index (χ0v) is 8.45. The first-order valence-electron chi connectivity index (χ1n) is 5.38. The van der Waals surface area contributed by atoms with Crippen molar-refractivity contribution in [3.63, 3.8) is 0 Å². The van der Waals surface area contributed by atoms with E-state index in [1.807, 2.05) is 24.4 Å². The Balaban J connectivity index is 1.90. The molecule has 1 aliphatic rings. The Morgan fingerprint density at radius 3 is 2.50 bits per heavy atom. The zero-order chi connectivity index (χ0) is 9.64. The molecule has 0 aromatic carbocycles. The molecule has 76 valence electrons. The van der Waals surface area contributed by atoms with E-state index < -0.39 is 0 Å². The molecular formula is C11H17N3. The van der Waals surface area contributed by atoms with Crippen LogP contribution in [0.25, 0.3) is 0 Å². The predicted molar refractivity (Wildman–Crippen MR) is 57.9 cm³/mol. The second-order valence-corrected chi connectivity index (χ2v) is 3.73. The van der Waals surface area contributed by atoms with Crippen molar-refractivity contribution >= 4 is 5.82 Å². The quantitative estimate of drug-likeness (QED) is 0.777. The van der Waals surface area contributed by atoms with Crippen LogP contribution in [0.5, 0.6) is 0 Å². The molecule has 1 aliphatic heterocycles. The largest absolute Gasteiger partial charge is 0.303 e. The molecule has 1 fully saturated rings. The molecule has 2 rings (SSSR count). The normalized spacial score (nSPS) is 18.9. The minimum atomic E-state index is 0.953. The van der Waals surface area contributed by atoms with Gasteiger partial charge in [0.15, 0.2) is 0 Å². The van der Waals surface area contributed by atoms with Gasteiger partial charge in [-0.2, -0.15) is 0 Å². The summed E-state index contributed by atoms with van der Waals surface area (Å²) in [4.78, 5) is 4.25. The first-order valence-corrected chi connectivity index (χ1v) is 5.38. The summed E-state index contributed by atoms with van der Waals surface area (Å²) in [7, 11) is 0. The lowest BCUT2D eigenvalue weighted by molar-refractivity contribution is 0.342. The molecule has 0 saturated carbocycles. The van der Waals surface area contributed by atoms with E-state index in [0.717, 1.165) is 18.9 Å². The molecule has 1 saturated heterocycles. The van der Waals surface area contributed by atoms with Crippen LogP contribution in [0.3, 0.4) is 0 Å². The first kappa shape index (κ1) is 9.46. The molecular weight excluding hydrogens is 174 g/mol. The van der Waals surface area contributed by atoms with Gasteiger partial charge in [-0.05, 0) is 25.0 Å². The van der Waals surface area contributed by atoms with E-state index >= 15 is 0 Å². The average Bonchev–Trinajstić information content (AvgIpc) is 2.48. The van der Waals surface area contributed by atoms with Crippen molar-refractivity contribution in [2.24, 2.45) is 0 Å². The third kappa shape index (κ3) is 2.70. The maximum absolute atomic E-state index is 4.25. The Bertz CT molecular complexity index is 252. The minimum Gasteiger partial charge on any atom is -0.303 e. The van der Waals surface area contributed by atoms with E-state index in [-0.39, 0.29) is 0 Å². The summed E-state index contributed by atoms with van der Waals surface area (Å²) in [5.41, 5.74) is 3.34. The third-order valence-electron chi connectivity index (χ3n) is 2.54. The van der Waals surface area contributed by atoms with Crippen molar-refractivity contribution in [3.05, 3.63) is 24.4 Å². The molecule has 1 aromatic rings. The predicted octanol–water partition coefficient (Wildman–Crippen LogP) is 2.28. The van der Waals surface area contributed by atoms with Crippen LogP contribution in [0.2, 0.25) is 0 Å². The third-order valence-corrected chi connectivity index (χ3v) is 2.54. The molecule has 1 N–H and O–H groups in total. The van der Waals surface area contributed by atoms with E-state index in [1.54, 1.807) is 0 Å². The molecule has 0 aliphatic carbocycles. The van der Waals surface area contributed by atoms with Gasteiger partial charge in [-0.15, -0.1) is 0 Å². The number of aromatic nitrogens is 1. The topological polar surface area (TPSA) is 28.2 Å². The van der Waals surface area contributed by atoms with Crippen molar-refractivity contribution in [1.82, 2.24) is 9.99 Å². The van der Waals surface area contributed by atoms with E-state index in [9.17, 15) is 0 Å². The van der Waals surface area contributed by atoms with Crippen LogP contribution in [0.4, 0.5) is 5.82 Å². The lowest BCUT2D eigenvalue weighted by Crippen LogP contribution is -2.31. The summed E-state index contributed by atoms with van der Waals surface area (Å²) in [6.45, 7) is 2.27. The van der Waals surface area contributed by atoms with Gasteiger partial charge < -0.3 is 5.43 Å². The molecule has 2 heterocycles. The van der Waals surface area contributed by atoms with Gasteiger partial charge in [0.25, 0.3) is 0 Å². The molecule has 3 heteroatoms. The fraction of sp³-hybridized carbons (Fsp3) is 0.545. The second kappa shape index (κ2) is 4.96. The Labute approximate surface area is 85.1 Å². The van der Waals surface area contributed by atoms with Gasteiger partial charge in [0, 0.05) is 19.3 Å². The summed E-state index contributed by atoms with van der Waals surface area (Å²) in [6, 6.07) is 5.95. The van der Waals surface area contributed by atoms with E-state index in [4.69, 9.17) is 0 Å². The second-order valence-electron chi connectivity index (χ2n) is 3.73. The van der Waals surface area contributed by atoms with Gasteiger partial charge in [0.05, 0.1) is 0 Å². The molecule has 0 atom stereocenters. The minimum absolute atomic E-state index is 0.953. The summed E-state index contributed by atoms with van der Waals surface area (Å²) in [6.07, 6.45) is 7.13. The van der Waals surface area contributed by atoms with Crippen molar-refractivity contribution in [3.8, 4) is 0 Å². The molecule has 3 nitrogen and oxygen atoms in total. The van der Waals surface area contributed by atoms with Crippen LogP contribution in [0.15, 0.2) is 24.4 Å². The Hall–Kier alpha value is -1.09. The lowest BCUT2D eigenvalue weighted by atomic mass is 10.2. The van der Waals surface area contributed by atoms with E-state index in [0.29, 0.717) is 0 Å². The summed E-state index contributed by atoms with van der Waals surface area (Å²) < 4.78 is 0. The fourth-order valence-electron chi connectivity index (χ4n) is 1.77. The van der Waals surface area contributed by atoms with Crippen molar-refractivity contribution in [2.45, 2.75) is 25.7 Å². The highest BCUT2D eigenvalue weighted by Crippen LogP contribution is 2.10. The molecule has 0 spiro atoms. The molecule has 1 aromatic heterocycles. The van der Waals surface area contributed by atoms with Crippen LogP contribution in [0.1, 0.15) is 25.7 Å². The maximum Gasteiger partial charge on any atom is 0.140 e. The van der Waals surface area contributed by atoms with Crippen LogP contribution in [0, 0.1) is 0 Å². The summed E-state index contributed by atoms with van der Waals surface area (Å²) in [5.74, 6) is 0.953. The van der Waals surface area contributed by atoms with Gasteiger partial charge >= 0.3 is 0 Å². The Morgan fingerprint density at radius 2 is 1.86 bits per heavy atom. The number of anilines is 1. The number of nitrogens with one attached hydrogen (secondary N) is 1. The highest BCUT2D eigenvalue weighted by Gasteiger charge is 2.08. The molecule has 14 heavy (non-hydrogen) atoms. The van der Waals surface area contributed by atoms with Gasteiger partial charge in [0.2, 0.25) is 0 Å². The Morgan fingerprint density at radius 1 is 1.07 bits per heavy atom. The van der Waals surface area contributed by atoms with Gasteiger partial charge in [-0.25, -0.2) is 9.99 Å². The molecule has 0 unspecified atom stereocenters. The van der Waals surface area contributed by atoms with Crippen molar-refractivity contribution in [1.29, 1.82) is 0 Å². The van der Waals surface area contributed by atoms with E-state index in [2.05, 4.69) is 15.4 Å². The van der Waals surface area contributed by atoms with E-state index in [1.165, 1.54) is 25.7 Å². The molecule has 0 bridgehead atoms. The van der Waals surface area contributed by atoms with Crippen LogP contribution in [-0.2, 0) is 0 Å². The number of hydrogen-bond acceptors (Lipinski definition) is 3. The van der Waals surface area contributed by atoms with Gasteiger partial charge in [-0.3, -0.25) is 0 Å². The lowest BCUT2D eigenvalue weighted by Gasteiger charge is -2.21. The maximum atomic E-state index is 4.25. The fourth-order valence-corrected chi connectivity index (χ4v) is 1.77. The van der Waals surface area contributed by atoms with Gasteiger partial charge in [0.1, 0.15) is 5.82 Å². The van der Waals surface area contributed by atoms with Crippen LogP contribution < -0.4 is 5.43 Å². The summed E-state index contributed by atoms with van der Waals surface area (Å²) in [5, 5.41) is 2.27. The van der Waals surface area contributed by atoms with Gasteiger partial charge in [-0.1, -0.05) is 18.9 Å². The SMILES string of the molecule is c1ccc(NN2CCCCCC2)nc1.